The zero-order valence-electron chi connectivity index (χ0n) is 11.8. The lowest BCUT2D eigenvalue weighted by molar-refractivity contribution is 1.29. The third kappa shape index (κ3) is 2.20. The van der Waals surface area contributed by atoms with Crippen LogP contribution in [0.25, 0.3) is 21.7 Å². The number of rotatable bonds is 3. The van der Waals surface area contributed by atoms with Crippen molar-refractivity contribution in [3.05, 3.63) is 73.1 Å². The summed E-state index contributed by atoms with van der Waals surface area (Å²) in [6, 6.07) is 20.2. The van der Waals surface area contributed by atoms with E-state index < -0.39 is 0 Å². The number of nitrogens with zero attached hydrogens (tertiary/aromatic N) is 2. The van der Waals surface area contributed by atoms with Crippen LogP contribution in [0.15, 0.2) is 73.1 Å². The first-order chi connectivity index (χ1) is 10.9. The molecule has 0 saturated heterocycles. The number of pyridine rings is 2. The Bertz CT molecular complexity index is 935. The van der Waals surface area contributed by atoms with E-state index in [2.05, 4.69) is 40.1 Å². The highest BCUT2D eigenvalue weighted by Crippen LogP contribution is 2.28. The maximum Gasteiger partial charge on any atom is 0.153 e. The zero-order valence-corrected chi connectivity index (χ0v) is 11.8. The first-order valence-electron chi connectivity index (χ1n) is 7.11. The average Bonchev–Trinajstić information content (AvgIpc) is 2.60. The van der Waals surface area contributed by atoms with Crippen LogP contribution < -0.4 is 10.9 Å². The zero-order chi connectivity index (χ0) is 14.8. The Balaban J connectivity index is 1.81. The normalized spacial score (nSPS) is 10.7. The minimum atomic E-state index is 0.811. The van der Waals surface area contributed by atoms with Crippen molar-refractivity contribution in [3.63, 3.8) is 0 Å². The number of hydrazine groups is 1. The molecule has 0 fully saturated rings. The van der Waals surface area contributed by atoms with Crippen LogP contribution >= 0.6 is 0 Å². The van der Waals surface area contributed by atoms with Gasteiger partial charge in [-0.15, -0.1) is 0 Å². The third-order valence-electron chi connectivity index (χ3n) is 3.61. The smallest absolute Gasteiger partial charge is 0.153 e. The summed E-state index contributed by atoms with van der Waals surface area (Å²) in [6.07, 6.45) is 3.49. The summed E-state index contributed by atoms with van der Waals surface area (Å²) in [4.78, 5) is 8.74. The molecular formula is C18H14N4. The predicted octanol–water partition coefficient (Wildman–Crippen LogP) is 4.22. The fourth-order valence-corrected chi connectivity index (χ4v) is 2.57. The van der Waals surface area contributed by atoms with Gasteiger partial charge in [-0.2, -0.15) is 0 Å². The van der Waals surface area contributed by atoms with Crippen LogP contribution in [0, 0.1) is 0 Å². The number of fused-ring (bicyclic) bond motifs is 3. The molecule has 2 N–H and O–H groups in total. The quantitative estimate of drug-likeness (QED) is 0.437. The fourth-order valence-electron chi connectivity index (χ4n) is 2.57. The average molecular weight is 286 g/mol. The molecule has 106 valence electrons. The van der Waals surface area contributed by atoms with Crippen LogP contribution in [0.3, 0.4) is 0 Å². The van der Waals surface area contributed by atoms with E-state index >= 15 is 0 Å². The van der Waals surface area contributed by atoms with Crippen molar-refractivity contribution in [1.29, 1.82) is 0 Å². The van der Waals surface area contributed by atoms with E-state index in [1.54, 1.807) is 12.4 Å². The van der Waals surface area contributed by atoms with E-state index in [1.807, 2.05) is 36.4 Å². The molecule has 0 spiro atoms. The largest absolute Gasteiger partial charge is 0.300 e. The molecular weight excluding hydrogens is 272 g/mol. The van der Waals surface area contributed by atoms with Crippen molar-refractivity contribution in [1.82, 2.24) is 9.97 Å². The molecule has 0 bridgehead atoms. The number of hydrogen-bond donors (Lipinski definition) is 2. The topological polar surface area (TPSA) is 49.8 Å². The molecule has 4 heteroatoms. The van der Waals surface area contributed by atoms with Gasteiger partial charge in [0.25, 0.3) is 0 Å². The van der Waals surface area contributed by atoms with Crippen LogP contribution in [-0.4, -0.2) is 9.97 Å². The Labute approximate surface area is 127 Å². The van der Waals surface area contributed by atoms with Gasteiger partial charge in [-0.1, -0.05) is 42.5 Å². The Hall–Kier alpha value is -3.14. The molecule has 2 aromatic heterocycles. The summed E-state index contributed by atoms with van der Waals surface area (Å²) >= 11 is 0. The molecule has 0 saturated carbocycles. The van der Waals surface area contributed by atoms with Gasteiger partial charge < -0.3 is 0 Å². The fraction of sp³-hybridized carbons (Fsp3) is 0. The lowest BCUT2D eigenvalue weighted by Gasteiger charge is -2.13. The van der Waals surface area contributed by atoms with Gasteiger partial charge in [-0.05, 0) is 23.6 Å². The first-order valence-corrected chi connectivity index (χ1v) is 7.11. The Morgan fingerprint density at radius 3 is 2.14 bits per heavy atom. The summed E-state index contributed by atoms with van der Waals surface area (Å²) in [5.41, 5.74) is 8.28. The molecule has 22 heavy (non-hydrogen) atoms. The molecule has 2 aromatic carbocycles. The molecule has 4 aromatic rings. The van der Waals surface area contributed by atoms with Gasteiger partial charge >= 0.3 is 0 Å². The monoisotopic (exact) mass is 286 g/mol. The van der Waals surface area contributed by atoms with E-state index in [4.69, 9.17) is 4.98 Å². The molecule has 0 aliphatic carbocycles. The van der Waals surface area contributed by atoms with Gasteiger partial charge in [0.2, 0.25) is 0 Å². The van der Waals surface area contributed by atoms with Crippen molar-refractivity contribution in [2.75, 3.05) is 10.9 Å². The molecule has 4 rings (SSSR count). The van der Waals surface area contributed by atoms with Crippen molar-refractivity contribution in [2.45, 2.75) is 0 Å². The lowest BCUT2D eigenvalue weighted by atomic mass is 10.1. The van der Waals surface area contributed by atoms with E-state index in [9.17, 15) is 0 Å². The second kappa shape index (κ2) is 5.33. The summed E-state index contributed by atoms with van der Waals surface area (Å²) in [5.74, 6) is 0.811. The summed E-state index contributed by atoms with van der Waals surface area (Å²) in [6.45, 7) is 0. The van der Waals surface area contributed by atoms with E-state index in [-0.39, 0.29) is 0 Å². The van der Waals surface area contributed by atoms with Crippen LogP contribution in [0.4, 0.5) is 11.5 Å². The Kier molecular flexibility index (Phi) is 3.05. The van der Waals surface area contributed by atoms with Crippen LogP contribution in [0.2, 0.25) is 0 Å². The SMILES string of the molecule is c1ccc2c(c1)nc(NNc1ccncc1)c1ccccc12. The third-order valence-corrected chi connectivity index (χ3v) is 3.61. The van der Waals surface area contributed by atoms with Gasteiger partial charge in [0.05, 0.1) is 11.2 Å². The highest BCUT2D eigenvalue weighted by molar-refractivity contribution is 6.10. The van der Waals surface area contributed by atoms with Gasteiger partial charge in [0, 0.05) is 23.2 Å². The van der Waals surface area contributed by atoms with Gasteiger partial charge in [0.15, 0.2) is 5.82 Å². The Morgan fingerprint density at radius 1 is 0.636 bits per heavy atom. The molecule has 0 aliphatic rings. The maximum atomic E-state index is 4.73. The minimum absolute atomic E-state index is 0.811. The molecule has 0 aliphatic heterocycles. The molecule has 0 amide bonds. The predicted molar refractivity (Wildman–Crippen MR) is 90.7 cm³/mol. The number of anilines is 2. The minimum Gasteiger partial charge on any atom is -0.300 e. The van der Waals surface area contributed by atoms with Gasteiger partial charge in [0.1, 0.15) is 0 Å². The summed E-state index contributed by atoms with van der Waals surface area (Å²) in [7, 11) is 0. The van der Waals surface area contributed by atoms with Crippen molar-refractivity contribution < 1.29 is 0 Å². The van der Waals surface area contributed by atoms with E-state index in [0.717, 1.165) is 27.8 Å². The van der Waals surface area contributed by atoms with E-state index in [0.29, 0.717) is 0 Å². The second-order valence-corrected chi connectivity index (χ2v) is 5.01. The highest BCUT2D eigenvalue weighted by atomic mass is 15.4. The molecule has 0 atom stereocenters. The van der Waals surface area contributed by atoms with Crippen molar-refractivity contribution in [2.24, 2.45) is 0 Å². The number of para-hydroxylation sites is 1. The van der Waals surface area contributed by atoms with E-state index in [1.165, 1.54) is 5.39 Å². The number of aromatic nitrogens is 2. The first kappa shape index (κ1) is 12.6. The standard InChI is InChI=1S/C18H14N4/c1-2-7-16-14(5-1)15-6-3-4-8-17(15)20-18(16)22-21-13-9-11-19-12-10-13/h1-12H,(H,19,21)(H,20,22). The van der Waals surface area contributed by atoms with Crippen LogP contribution in [-0.2, 0) is 0 Å². The summed E-state index contributed by atoms with van der Waals surface area (Å²) < 4.78 is 0. The maximum absolute atomic E-state index is 4.73. The molecule has 0 unspecified atom stereocenters. The number of hydrogen-bond acceptors (Lipinski definition) is 4. The van der Waals surface area contributed by atoms with Gasteiger partial charge in [-0.3, -0.25) is 15.8 Å². The molecule has 0 radical (unpaired) electrons. The second-order valence-electron chi connectivity index (χ2n) is 5.01. The summed E-state index contributed by atoms with van der Waals surface area (Å²) in [5, 5.41) is 3.43. The molecule has 4 nitrogen and oxygen atoms in total. The number of benzene rings is 2. The highest BCUT2D eigenvalue weighted by Gasteiger charge is 2.07. The van der Waals surface area contributed by atoms with Crippen LogP contribution in [0.5, 0.6) is 0 Å². The van der Waals surface area contributed by atoms with Crippen LogP contribution in [0.1, 0.15) is 0 Å². The lowest BCUT2D eigenvalue weighted by Crippen LogP contribution is -2.10. The Morgan fingerprint density at radius 2 is 1.32 bits per heavy atom. The van der Waals surface area contributed by atoms with Crippen molar-refractivity contribution in [3.8, 4) is 0 Å². The number of nitrogens with one attached hydrogen (secondary N) is 2. The molecule has 2 heterocycles. The van der Waals surface area contributed by atoms with Gasteiger partial charge in [-0.25, -0.2) is 4.98 Å². The van der Waals surface area contributed by atoms with Crippen molar-refractivity contribution >= 4 is 33.2 Å².